The number of carbonyl (C=O) groups is 2. The molecule has 12 aromatic rings. The van der Waals surface area contributed by atoms with Crippen molar-refractivity contribution < 1.29 is 30.0 Å². The number of nitriles is 2. The lowest BCUT2D eigenvalue weighted by atomic mass is 9.80. The number of likely N-dealkylation sites (tertiary alicyclic amines) is 4. The van der Waals surface area contributed by atoms with E-state index in [-0.39, 0.29) is 67.1 Å². The van der Waals surface area contributed by atoms with E-state index in [9.17, 15) is 35.4 Å². The van der Waals surface area contributed by atoms with Crippen LogP contribution in [0.15, 0.2) is 104 Å². The number of nitrogens with zero attached hydrogens (tertiary/aromatic N) is 25. The minimum Gasteiger partial charge on any atom is -0.481 e. The van der Waals surface area contributed by atoms with Gasteiger partial charge >= 0.3 is 5.97 Å². The molecule has 31 nitrogen and oxygen atoms in total. The second kappa shape index (κ2) is 45.2. The second-order valence-corrected chi connectivity index (χ2v) is 42.4. The Kier molecular flexibility index (Phi) is 32.9. The summed E-state index contributed by atoms with van der Waals surface area (Å²) in [6.45, 7) is 33.1. The van der Waals surface area contributed by atoms with Gasteiger partial charge in [-0.3, -0.25) is 9.59 Å². The number of hydrogen-bond donors (Lipinski definition) is 4. The molecular weight excluding hydrogens is 1940 g/mol. The average molecular weight is 2060 g/mol. The van der Waals surface area contributed by atoms with Gasteiger partial charge in [-0.25, -0.2) is 48.6 Å². The van der Waals surface area contributed by atoms with E-state index in [2.05, 4.69) is 88.5 Å². The molecule has 4 N–H and O–H groups in total. The maximum atomic E-state index is 12.4. The Bertz CT molecular complexity index is 6540. The van der Waals surface area contributed by atoms with Gasteiger partial charge in [0.25, 0.3) is 0 Å². The molecule has 9 atom stereocenters. The number of aliphatic carboxylic acids is 1. The molecule has 0 saturated carbocycles. The first-order valence-corrected chi connectivity index (χ1v) is 51.7. The number of carboxylic acid groups (broad SMARTS) is 1. The third-order valence-corrected chi connectivity index (χ3v) is 31.8. The zero-order valence-corrected chi connectivity index (χ0v) is 85.8. The van der Waals surface area contributed by atoms with Crippen molar-refractivity contribution in [1.29, 1.82) is 10.5 Å². The molecule has 0 radical (unpaired) electrons. The lowest BCUT2D eigenvalue weighted by Gasteiger charge is -2.47. The average Bonchev–Trinajstić information content (AvgIpc) is 1.61. The van der Waals surface area contributed by atoms with E-state index in [4.69, 9.17) is 123 Å². The number of hydrogen-bond acceptors (Lipinski definition) is 26. The number of ketones is 1. The van der Waals surface area contributed by atoms with Gasteiger partial charge in [-0.15, -0.1) is 0 Å². The summed E-state index contributed by atoms with van der Waals surface area (Å²) in [6.07, 6.45) is 15.7. The zero-order valence-electron chi connectivity index (χ0n) is 79.8. The van der Waals surface area contributed by atoms with Crippen molar-refractivity contribution in [3.63, 3.8) is 0 Å². The molecule has 0 bridgehead atoms. The van der Waals surface area contributed by atoms with Crippen molar-refractivity contribution in [2.24, 2.45) is 47.3 Å². The van der Waals surface area contributed by atoms with E-state index in [0.717, 1.165) is 205 Å². The standard InChI is InChI=1S/C28H33Cl2N5O3.C25H29Cl2N7O.C24H27Cl2N7O.C24H30Cl2N6O/c1-17(22-8-7-21(29)13-24(22)30)35-28-23(27(32-35)18(2)36)9-10-25(31-28)34-15-20(16-34)19-5-3-11-33(14-19)12-4-6-26(37)38;1-15(35)11-32-7-3-4-17(12-32)18-13-33(14-18)23-10-29-24-22(9-28)31-34(25(24)30-23)16(2)20-6-5-19(26)8-21(20)27;1-15(19-5-4-18(25)9-20(19)26)33-24-23(21(10-27)30-33)28-11-22(29-24)32-13-17(14-32)16-3-2-6-31(12-16)7-8-34;1-15-21-11-27-24(31-13-18(14-31)17-4-3-7-30(12-17)8-9-33)28-23(21)32(29-15)16(2)20-6-5-19(25)10-22(20)26/h7-10,13,17,19-20H,3-6,11-12,14-16H2,1-2H3,(H,37,38);5-6,8,10,15-18,35H,3-4,7,11-14H2,1-2H3;4-5,9,11,15-17,34H,2-3,6-8,12-14H2,1H3;5-6,10-11,16-18,33H,3-4,7-9,12-14H2,1-2H3. The van der Waals surface area contributed by atoms with Crippen molar-refractivity contribution in [3.8, 4) is 12.1 Å². The molecule has 8 fully saturated rings. The summed E-state index contributed by atoms with van der Waals surface area (Å²) in [5, 5.41) is 81.1. The van der Waals surface area contributed by atoms with Crippen molar-refractivity contribution in [2.75, 3.05) is 164 Å². The number of piperidine rings is 4. The Morgan fingerprint density at radius 3 is 1.17 bits per heavy atom. The van der Waals surface area contributed by atoms with Gasteiger partial charge in [-0.2, -0.15) is 35.9 Å². The monoisotopic (exact) mass is 2060 g/mol. The number of aliphatic hydroxyl groups excluding tert-OH is 3. The van der Waals surface area contributed by atoms with E-state index in [1.165, 1.54) is 51.9 Å². The maximum Gasteiger partial charge on any atom is 0.303 e. The molecule has 0 spiro atoms. The van der Waals surface area contributed by atoms with Crippen LogP contribution in [0.1, 0.15) is 180 Å². The number of pyridine rings is 1. The van der Waals surface area contributed by atoms with E-state index in [0.29, 0.717) is 128 Å². The van der Waals surface area contributed by atoms with Gasteiger partial charge in [-0.05, 0) is 262 Å². The molecule has 20 rings (SSSR count). The normalized spacial score (nSPS) is 20.4. The second-order valence-electron chi connectivity index (χ2n) is 39.0. The Labute approximate surface area is 855 Å². The number of rotatable bonds is 27. The van der Waals surface area contributed by atoms with Crippen LogP contribution in [-0.4, -0.2) is 276 Å². The number of aliphatic hydroxyl groups is 3. The van der Waals surface area contributed by atoms with Gasteiger partial charge in [0.05, 0.1) is 72.3 Å². The third kappa shape index (κ3) is 22.8. The maximum absolute atomic E-state index is 12.4. The van der Waals surface area contributed by atoms with Crippen LogP contribution in [0.5, 0.6) is 0 Å². The first-order chi connectivity index (χ1) is 67.5. The van der Waals surface area contributed by atoms with Crippen molar-refractivity contribution >= 4 is 172 Å². The molecule has 740 valence electrons. The summed E-state index contributed by atoms with van der Waals surface area (Å²) in [4.78, 5) is 75.3. The molecule has 8 aliphatic heterocycles. The number of carbonyl (C=O) groups excluding carboxylic acids is 1. The van der Waals surface area contributed by atoms with Gasteiger partial charge in [0.15, 0.2) is 39.8 Å². The summed E-state index contributed by atoms with van der Waals surface area (Å²) in [6, 6.07) is 29.1. The Morgan fingerprint density at radius 2 is 0.786 bits per heavy atom. The first-order valence-electron chi connectivity index (χ1n) is 48.7. The number of benzene rings is 4. The van der Waals surface area contributed by atoms with Crippen LogP contribution in [0.25, 0.3) is 44.4 Å². The molecule has 39 heteroatoms. The molecule has 8 aromatic heterocycles. The van der Waals surface area contributed by atoms with Crippen LogP contribution in [0.2, 0.25) is 40.2 Å². The number of halogens is 8. The molecule has 0 aliphatic carbocycles. The minimum absolute atomic E-state index is 0.0856. The van der Waals surface area contributed by atoms with Gasteiger partial charge in [0.2, 0.25) is 5.95 Å². The Hall–Kier alpha value is -9.49. The molecule has 4 aromatic carbocycles. The Balaban J connectivity index is 0.000000129. The minimum atomic E-state index is -0.722. The first kappa shape index (κ1) is 102. The van der Waals surface area contributed by atoms with Crippen LogP contribution in [0.3, 0.4) is 0 Å². The van der Waals surface area contributed by atoms with Crippen LogP contribution in [0, 0.1) is 76.9 Å². The van der Waals surface area contributed by atoms with Gasteiger partial charge in [0.1, 0.15) is 46.3 Å². The highest BCUT2D eigenvalue weighted by molar-refractivity contribution is 6.37. The number of aryl methyl sites for hydroxylation is 1. The van der Waals surface area contributed by atoms with Crippen molar-refractivity contribution in [3.05, 3.63) is 189 Å². The number of anilines is 4. The molecular formula is C101H119Cl8N25O6. The SMILES string of the molecule is CC(=O)c1nn(C(C)c2ccc(Cl)cc2Cl)c2nc(N3CC(C4CCCN(CCCC(=O)O)C4)C3)ccc12.CC(O)CN1CCCC(C2CN(c3cnc4c(C#N)nn(C(C)c5ccc(Cl)cc5Cl)c4n3)C2)C1.CC(c1ccc(Cl)cc1Cl)n1nc(C#N)c2ncc(N3CC(C4CCCN(CCO)C4)C3)nc21.Cc1nn(C(C)c2ccc(Cl)cc2Cl)c2nc(N3CC(C4CCCN(CCO)C4)C3)ncc12. The molecule has 8 aliphatic rings. The fourth-order valence-electron chi connectivity index (χ4n) is 21.6. The Morgan fingerprint density at radius 1 is 0.421 bits per heavy atom. The topological polar surface area (TPSA) is 350 Å². The summed E-state index contributed by atoms with van der Waals surface area (Å²) in [7, 11) is 0. The van der Waals surface area contributed by atoms with Crippen molar-refractivity contribution in [2.45, 2.75) is 143 Å². The number of aromatic nitrogens is 15. The van der Waals surface area contributed by atoms with Crippen LogP contribution in [0.4, 0.5) is 23.4 Å². The van der Waals surface area contributed by atoms with E-state index >= 15 is 0 Å². The van der Waals surface area contributed by atoms with E-state index < -0.39 is 5.97 Å². The zero-order chi connectivity index (χ0) is 98.6. The highest BCUT2D eigenvalue weighted by Crippen LogP contribution is 2.43. The summed E-state index contributed by atoms with van der Waals surface area (Å²) < 4.78 is 7.19. The predicted octanol–water partition coefficient (Wildman–Crippen LogP) is 17.7. The third-order valence-electron chi connectivity index (χ3n) is 29.6. The summed E-state index contributed by atoms with van der Waals surface area (Å²) in [5.74, 6) is 7.48. The highest BCUT2D eigenvalue weighted by atomic mass is 35.5. The molecule has 0 amide bonds. The number of Topliss-reactive ketones (excluding diaryl/α,β-unsaturated/α-hetero) is 1. The lowest BCUT2D eigenvalue weighted by Crippen LogP contribution is -2.54. The van der Waals surface area contributed by atoms with Gasteiger partial charge in [0, 0.05) is 158 Å². The smallest absolute Gasteiger partial charge is 0.303 e. The number of carboxylic acids is 1. The number of fused-ring (bicyclic) bond motifs is 4. The highest BCUT2D eigenvalue weighted by Gasteiger charge is 2.43. The molecule has 8 saturated heterocycles. The van der Waals surface area contributed by atoms with E-state index in [1.807, 2.05) is 88.0 Å². The largest absolute Gasteiger partial charge is 0.481 e. The lowest BCUT2D eigenvalue weighted by molar-refractivity contribution is -0.137. The van der Waals surface area contributed by atoms with Crippen LogP contribution < -0.4 is 19.6 Å². The van der Waals surface area contributed by atoms with Gasteiger partial charge in [-0.1, -0.05) is 117 Å². The van der Waals surface area contributed by atoms with Crippen LogP contribution >= 0.6 is 92.8 Å². The predicted molar refractivity (Wildman–Crippen MR) is 551 cm³/mol. The molecule has 9 unspecified atom stereocenters. The fraction of sp³-hybridized carbons (Fsp3) is 0.515. The van der Waals surface area contributed by atoms with Crippen LogP contribution in [-0.2, 0) is 4.79 Å². The van der Waals surface area contributed by atoms with Crippen molar-refractivity contribution in [1.82, 2.24) is 93.6 Å². The summed E-state index contributed by atoms with van der Waals surface area (Å²) >= 11 is 50.2. The summed E-state index contributed by atoms with van der Waals surface area (Å²) in [5.41, 5.74) is 8.93. The fourth-order valence-corrected chi connectivity index (χ4v) is 23.9. The quantitative estimate of drug-likeness (QED) is 0.0347. The number of β-amino-alcohol motifs (C(OH)–C–C–N with tert-alkyl or cyclic N) is 3. The van der Waals surface area contributed by atoms with Gasteiger partial charge < -0.3 is 59.6 Å². The molecule has 16 heterocycles. The van der Waals surface area contributed by atoms with E-state index in [1.54, 1.807) is 68.9 Å². The molecule has 140 heavy (non-hydrogen) atoms.